The molecule has 1 saturated carbocycles. The summed E-state index contributed by atoms with van der Waals surface area (Å²) in [6, 6.07) is 0. The van der Waals surface area contributed by atoms with Crippen LogP contribution in [0.2, 0.25) is 0 Å². The molecular formula is C10H20N2O2S2. The summed E-state index contributed by atoms with van der Waals surface area (Å²) in [6.45, 7) is 2.28. The zero-order chi connectivity index (χ0) is 12.2. The van der Waals surface area contributed by atoms with Crippen molar-refractivity contribution in [2.75, 3.05) is 6.54 Å². The minimum Gasteiger partial charge on any atom is -0.392 e. The Morgan fingerprint density at radius 2 is 2.19 bits per heavy atom. The van der Waals surface area contributed by atoms with Gasteiger partial charge in [-0.3, -0.25) is 0 Å². The summed E-state index contributed by atoms with van der Waals surface area (Å²) < 4.78 is 26.2. The zero-order valence-corrected chi connectivity index (χ0v) is 11.2. The SMILES string of the molecule is CCC(C(N)=S)S(=O)(=O)NCCC1CCC1. The molecule has 1 aliphatic carbocycles. The van der Waals surface area contributed by atoms with Crippen molar-refractivity contribution in [3.63, 3.8) is 0 Å². The van der Waals surface area contributed by atoms with Crippen LogP contribution in [0.3, 0.4) is 0 Å². The molecule has 0 aromatic carbocycles. The molecule has 3 N–H and O–H groups in total. The van der Waals surface area contributed by atoms with Crippen LogP contribution in [0.15, 0.2) is 0 Å². The topological polar surface area (TPSA) is 72.2 Å². The predicted octanol–water partition coefficient (Wildman–Crippen LogP) is 1.16. The lowest BCUT2D eigenvalue weighted by Gasteiger charge is -2.25. The highest BCUT2D eigenvalue weighted by atomic mass is 32.2. The second-order valence-corrected chi connectivity index (χ2v) is 6.74. The van der Waals surface area contributed by atoms with Gasteiger partial charge in [0.05, 0.1) is 4.99 Å². The van der Waals surface area contributed by atoms with Crippen LogP contribution in [-0.4, -0.2) is 25.2 Å². The van der Waals surface area contributed by atoms with Gasteiger partial charge < -0.3 is 5.73 Å². The fourth-order valence-corrected chi connectivity index (χ4v) is 3.76. The second-order valence-electron chi connectivity index (χ2n) is 4.32. The third kappa shape index (κ3) is 3.68. The molecule has 16 heavy (non-hydrogen) atoms. The molecule has 0 aliphatic heterocycles. The minimum atomic E-state index is -3.37. The zero-order valence-electron chi connectivity index (χ0n) is 9.61. The van der Waals surface area contributed by atoms with Gasteiger partial charge in [0.15, 0.2) is 0 Å². The molecular weight excluding hydrogens is 244 g/mol. The van der Waals surface area contributed by atoms with E-state index in [9.17, 15) is 8.42 Å². The molecule has 0 spiro atoms. The standard InChI is InChI=1S/C10H20N2O2S2/c1-2-9(10(11)15)16(13,14)12-7-6-8-4-3-5-8/h8-9,12H,2-7H2,1H3,(H2,11,15). The molecule has 94 valence electrons. The van der Waals surface area contributed by atoms with E-state index in [0.29, 0.717) is 18.9 Å². The normalized spacial score (nSPS) is 19.1. The molecule has 1 atom stereocenters. The number of hydrogen-bond donors (Lipinski definition) is 2. The summed E-state index contributed by atoms with van der Waals surface area (Å²) >= 11 is 4.76. The van der Waals surface area contributed by atoms with Crippen LogP contribution in [0, 0.1) is 5.92 Å². The Kier molecular flexibility index (Phi) is 5.14. The molecule has 0 saturated heterocycles. The molecule has 1 fully saturated rings. The summed E-state index contributed by atoms with van der Waals surface area (Å²) in [5, 5.41) is -0.733. The molecule has 1 aliphatic rings. The van der Waals surface area contributed by atoms with Crippen LogP contribution >= 0.6 is 12.2 Å². The highest BCUT2D eigenvalue weighted by Crippen LogP contribution is 2.28. The Morgan fingerprint density at radius 1 is 1.56 bits per heavy atom. The third-order valence-electron chi connectivity index (χ3n) is 3.14. The van der Waals surface area contributed by atoms with Crippen LogP contribution in [0.5, 0.6) is 0 Å². The van der Waals surface area contributed by atoms with Gasteiger partial charge in [0.2, 0.25) is 10.0 Å². The molecule has 0 aromatic rings. The van der Waals surface area contributed by atoms with E-state index in [1.165, 1.54) is 19.3 Å². The van der Waals surface area contributed by atoms with Crippen molar-refractivity contribution in [2.45, 2.75) is 44.3 Å². The fraction of sp³-hybridized carbons (Fsp3) is 0.900. The molecule has 6 heteroatoms. The van der Waals surface area contributed by atoms with Gasteiger partial charge in [-0.25, -0.2) is 13.1 Å². The predicted molar refractivity (Wildman–Crippen MR) is 69.7 cm³/mol. The summed E-state index contributed by atoms with van der Waals surface area (Å²) in [5.74, 6) is 0.701. The van der Waals surface area contributed by atoms with Crippen LogP contribution < -0.4 is 10.5 Å². The number of hydrogen-bond acceptors (Lipinski definition) is 3. The number of rotatable bonds is 7. The lowest BCUT2D eigenvalue weighted by molar-refractivity contribution is 0.297. The van der Waals surface area contributed by atoms with E-state index in [-0.39, 0.29) is 4.99 Å². The van der Waals surface area contributed by atoms with E-state index in [2.05, 4.69) is 4.72 Å². The maximum absolute atomic E-state index is 11.8. The Bertz CT molecular complexity index is 337. The van der Waals surface area contributed by atoms with E-state index in [1.54, 1.807) is 6.92 Å². The smallest absolute Gasteiger partial charge is 0.220 e. The molecule has 4 nitrogen and oxygen atoms in total. The van der Waals surface area contributed by atoms with Gasteiger partial charge in [0.25, 0.3) is 0 Å². The number of sulfonamides is 1. The highest BCUT2D eigenvalue weighted by Gasteiger charge is 2.26. The van der Waals surface area contributed by atoms with Crippen molar-refractivity contribution in [3.8, 4) is 0 Å². The first kappa shape index (κ1) is 13.9. The van der Waals surface area contributed by atoms with E-state index in [0.717, 1.165) is 6.42 Å². The number of nitrogens with one attached hydrogen (secondary N) is 1. The van der Waals surface area contributed by atoms with Gasteiger partial charge in [-0.15, -0.1) is 0 Å². The second kappa shape index (κ2) is 5.93. The van der Waals surface area contributed by atoms with Gasteiger partial charge in [0.1, 0.15) is 5.25 Å². The van der Waals surface area contributed by atoms with Gasteiger partial charge in [-0.2, -0.15) is 0 Å². The Morgan fingerprint density at radius 3 is 2.56 bits per heavy atom. The van der Waals surface area contributed by atoms with E-state index < -0.39 is 15.3 Å². The Balaban J connectivity index is 2.39. The first-order valence-electron chi connectivity index (χ1n) is 5.75. The average Bonchev–Trinajstić information content (AvgIpc) is 2.09. The van der Waals surface area contributed by atoms with Gasteiger partial charge in [-0.05, 0) is 18.8 Å². The van der Waals surface area contributed by atoms with Gasteiger partial charge in [0, 0.05) is 6.54 Å². The van der Waals surface area contributed by atoms with Crippen molar-refractivity contribution in [1.82, 2.24) is 4.72 Å². The number of thiocarbonyl (C=S) groups is 1. The molecule has 0 heterocycles. The lowest BCUT2D eigenvalue weighted by atomic mass is 9.83. The summed E-state index contributed by atoms with van der Waals surface area (Å²) in [4.78, 5) is 0.0543. The minimum absolute atomic E-state index is 0.0543. The molecule has 1 rings (SSSR count). The van der Waals surface area contributed by atoms with Crippen molar-refractivity contribution in [3.05, 3.63) is 0 Å². The van der Waals surface area contributed by atoms with Crippen molar-refractivity contribution >= 4 is 27.2 Å². The van der Waals surface area contributed by atoms with Crippen molar-refractivity contribution in [2.24, 2.45) is 11.7 Å². The number of nitrogens with two attached hydrogens (primary N) is 1. The van der Waals surface area contributed by atoms with E-state index in [1.807, 2.05) is 0 Å². The maximum atomic E-state index is 11.8. The van der Waals surface area contributed by atoms with E-state index >= 15 is 0 Å². The molecule has 0 amide bonds. The maximum Gasteiger partial charge on any atom is 0.220 e. The lowest BCUT2D eigenvalue weighted by Crippen LogP contribution is -2.42. The van der Waals surface area contributed by atoms with Crippen LogP contribution in [-0.2, 0) is 10.0 Å². The van der Waals surface area contributed by atoms with Crippen molar-refractivity contribution < 1.29 is 8.42 Å². The van der Waals surface area contributed by atoms with E-state index in [4.69, 9.17) is 18.0 Å². The van der Waals surface area contributed by atoms with Crippen LogP contribution in [0.25, 0.3) is 0 Å². The summed E-state index contributed by atoms with van der Waals surface area (Å²) in [5.41, 5.74) is 5.41. The monoisotopic (exact) mass is 264 g/mol. The van der Waals surface area contributed by atoms with Crippen LogP contribution in [0.4, 0.5) is 0 Å². The molecule has 1 unspecified atom stereocenters. The molecule has 0 radical (unpaired) electrons. The third-order valence-corrected chi connectivity index (χ3v) is 5.52. The first-order chi connectivity index (χ1) is 7.47. The van der Waals surface area contributed by atoms with Crippen molar-refractivity contribution in [1.29, 1.82) is 0 Å². The Labute approximate surface area is 103 Å². The first-order valence-corrected chi connectivity index (χ1v) is 7.70. The van der Waals surface area contributed by atoms with Gasteiger partial charge in [-0.1, -0.05) is 38.4 Å². The largest absolute Gasteiger partial charge is 0.392 e. The molecule has 0 bridgehead atoms. The van der Waals surface area contributed by atoms with Crippen LogP contribution in [0.1, 0.15) is 39.0 Å². The molecule has 0 aromatic heterocycles. The summed E-state index contributed by atoms with van der Waals surface area (Å²) in [7, 11) is -3.37. The van der Waals surface area contributed by atoms with Gasteiger partial charge >= 0.3 is 0 Å². The fourth-order valence-electron chi connectivity index (χ4n) is 1.86. The quantitative estimate of drug-likeness (QED) is 0.677. The highest BCUT2D eigenvalue weighted by molar-refractivity contribution is 7.93. The summed E-state index contributed by atoms with van der Waals surface area (Å²) in [6.07, 6.45) is 5.09. The average molecular weight is 264 g/mol. The Hall–Kier alpha value is -0.200.